The second-order valence-electron chi connectivity index (χ2n) is 5.10. The van der Waals surface area contributed by atoms with Crippen molar-refractivity contribution in [2.75, 3.05) is 5.32 Å². The number of fused-ring (bicyclic) bond motifs is 1. The van der Waals surface area contributed by atoms with Crippen molar-refractivity contribution in [2.24, 2.45) is 0 Å². The second-order valence-corrected chi connectivity index (χ2v) is 5.10. The van der Waals surface area contributed by atoms with Gasteiger partial charge < -0.3 is 10.4 Å². The molecule has 98 valence electrons. The molecular weight excluding hydrogens is 226 g/mol. The van der Waals surface area contributed by atoms with Gasteiger partial charge in [0.05, 0.1) is 6.10 Å². The number of hydrogen-bond acceptors (Lipinski definition) is 2. The molecule has 0 saturated heterocycles. The number of carbonyl (C=O) groups is 1. The molecule has 3 heteroatoms. The average molecular weight is 247 g/mol. The summed E-state index contributed by atoms with van der Waals surface area (Å²) < 4.78 is 0. The molecule has 0 spiro atoms. The maximum Gasteiger partial charge on any atom is 0.224 e. The smallest absolute Gasteiger partial charge is 0.224 e. The van der Waals surface area contributed by atoms with Crippen LogP contribution in [-0.2, 0) is 11.2 Å². The van der Waals surface area contributed by atoms with E-state index in [9.17, 15) is 9.90 Å². The molecule has 0 fully saturated rings. The van der Waals surface area contributed by atoms with E-state index in [1.807, 2.05) is 13.8 Å². The van der Waals surface area contributed by atoms with Gasteiger partial charge in [0.25, 0.3) is 0 Å². The third-order valence-electron chi connectivity index (χ3n) is 3.83. The zero-order valence-electron chi connectivity index (χ0n) is 11.3. The Morgan fingerprint density at radius 2 is 2.06 bits per heavy atom. The van der Waals surface area contributed by atoms with Crippen LogP contribution in [0.3, 0.4) is 0 Å². The lowest BCUT2D eigenvalue weighted by molar-refractivity contribution is -0.116. The van der Waals surface area contributed by atoms with Gasteiger partial charge in [0.1, 0.15) is 0 Å². The van der Waals surface area contributed by atoms with E-state index >= 15 is 0 Å². The molecule has 1 atom stereocenters. The first kappa shape index (κ1) is 13.1. The highest BCUT2D eigenvalue weighted by atomic mass is 16.3. The topological polar surface area (TPSA) is 49.3 Å². The summed E-state index contributed by atoms with van der Waals surface area (Å²) in [5.41, 5.74) is 5.31. The number of aliphatic hydroxyl groups is 1. The van der Waals surface area contributed by atoms with Crippen LogP contribution in [-0.4, -0.2) is 11.0 Å². The number of aliphatic hydroxyl groups excluding tert-OH is 1. The highest BCUT2D eigenvalue weighted by molar-refractivity contribution is 5.95. The molecule has 0 radical (unpaired) electrons. The Hall–Kier alpha value is -1.35. The summed E-state index contributed by atoms with van der Waals surface area (Å²) in [5, 5.41) is 13.1. The third-order valence-corrected chi connectivity index (χ3v) is 3.83. The van der Waals surface area contributed by atoms with E-state index in [1.54, 1.807) is 0 Å². The summed E-state index contributed by atoms with van der Waals surface area (Å²) in [7, 11) is 0. The molecule has 1 aliphatic rings. The Bertz CT molecular complexity index is 480. The predicted octanol–water partition coefficient (Wildman–Crippen LogP) is 3.02. The number of benzene rings is 1. The van der Waals surface area contributed by atoms with E-state index in [1.165, 1.54) is 0 Å². The number of hydrogen-bond donors (Lipinski definition) is 2. The van der Waals surface area contributed by atoms with Crippen LogP contribution < -0.4 is 5.32 Å². The van der Waals surface area contributed by atoms with Gasteiger partial charge >= 0.3 is 0 Å². The fourth-order valence-electron chi connectivity index (χ4n) is 2.61. The minimum absolute atomic E-state index is 0.0897. The lowest BCUT2D eigenvalue weighted by Gasteiger charge is -2.24. The number of rotatable bonds is 3. The highest BCUT2D eigenvalue weighted by Gasteiger charge is 2.21. The minimum Gasteiger partial charge on any atom is -0.388 e. The van der Waals surface area contributed by atoms with Gasteiger partial charge in [0.2, 0.25) is 5.91 Å². The predicted molar refractivity (Wildman–Crippen MR) is 72.7 cm³/mol. The van der Waals surface area contributed by atoms with Gasteiger partial charge in [-0.1, -0.05) is 19.4 Å². The van der Waals surface area contributed by atoms with Crippen LogP contribution in [0.5, 0.6) is 0 Å². The molecule has 1 aromatic carbocycles. The van der Waals surface area contributed by atoms with E-state index in [0.29, 0.717) is 6.42 Å². The molecule has 1 unspecified atom stereocenters. The molecule has 1 aliphatic heterocycles. The highest BCUT2D eigenvalue weighted by Crippen LogP contribution is 2.34. The first-order chi connectivity index (χ1) is 8.54. The third kappa shape index (κ3) is 2.27. The quantitative estimate of drug-likeness (QED) is 0.862. The standard InChI is InChI=1S/C15H21NO2/c1-4-5-13(17)12-8-11-6-7-14(18)16-15(11)10(3)9(12)2/h8,13,17H,4-7H2,1-3H3,(H,16,18). The van der Waals surface area contributed by atoms with E-state index in [0.717, 1.165) is 47.2 Å². The molecule has 18 heavy (non-hydrogen) atoms. The van der Waals surface area contributed by atoms with Gasteiger partial charge in [-0.2, -0.15) is 0 Å². The lowest BCUT2D eigenvalue weighted by atomic mass is 9.89. The first-order valence-electron chi connectivity index (χ1n) is 6.65. The summed E-state index contributed by atoms with van der Waals surface area (Å²) in [6.45, 7) is 6.11. The maximum atomic E-state index is 11.5. The van der Waals surface area contributed by atoms with Crippen molar-refractivity contribution < 1.29 is 9.90 Å². The fraction of sp³-hybridized carbons (Fsp3) is 0.533. The van der Waals surface area contributed by atoms with Crippen molar-refractivity contribution in [3.8, 4) is 0 Å². The SMILES string of the molecule is CCCC(O)c1cc2c(c(C)c1C)NC(=O)CC2. The van der Waals surface area contributed by atoms with Crippen LogP contribution in [0.1, 0.15) is 54.5 Å². The van der Waals surface area contributed by atoms with Crippen LogP contribution in [0.15, 0.2) is 6.07 Å². The summed E-state index contributed by atoms with van der Waals surface area (Å²) in [6, 6.07) is 2.07. The summed E-state index contributed by atoms with van der Waals surface area (Å²) in [5.74, 6) is 0.0897. The first-order valence-corrected chi connectivity index (χ1v) is 6.65. The van der Waals surface area contributed by atoms with Gasteiger partial charge in [-0.05, 0) is 48.9 Å². The molecule has 0 bridgehead atoms. The summed E-state index contributed by atoms with van der Waals surface area (Å²) in [6.07, 6.45) is 2.67. The van der Waals surface area contributed by atoms with Crippen molar-refractivity contribution in [2.45, 2.75) is 52.6 Å². The van der Waals surface area contributed by atoms with Gasteiger partial charge in [0.15, 0.2) is 0 Å². The molecule has 1 aromatic rings. The number of carbonyl (C=O) groups excluding carboxylic acids is 1. The van der Waals surface area contributed by atoms with Crippen LogP contribution in [0, 0.1) is 13.8 Å². The Balaban J connectivity index is 2.46. The fourth-order valence-corrected chi connectivity index (χ4v) is 2.61. The molecule has 3 nitrogen and oxygen atoms in total. The average Bonchev–Trinajstić information content (AvgIpc) is 2.34. The van der Waals surface area contributed by atoms with Crippen molar-refractivity contribution in [3.63, 3.8) is 0 Å². The Morgan fingerprint density at radius 1 is 1.33 bits per heavy atom. The molecule has 1 amide bonds. The molecule has 0 aliphatic carbocycles. The van der Waals surface area contributed by atoms with Crippen LogP contribution in [0.2, 0.25) is 0 Å². The van der Waals surface area contributed by atoms with Crippen molar-refractivity contribution >= 4 is 11.6 Å². The number of amides is 1. The normalized spacial score (nSPS) is 16.1. The summed E-state index contributed by atoms with van der Waals surface area (Å²) >= 11 is 0. The van der Waals surface area contributed by atoms with Crippen molar-refractivity contribution in [3.05, 3.63) is 28.3 Å². The molecule has 2 N–H and O–H groups in total. The number of aryl methyl sites for hydroxylation is 1. The second kappa shape index (κ2) is 5.11. The number of anilines is 1. The van der Waals surface area contributed by atoms with Crippen molar-refractivity contribution in [1.82, 2.24) is 0 Å². The van der Waals surface area contributed by atoms with Crippen molar-refractivity contribution in [1.29, 1.82) is 0 Å². The van der Waals surface area contributed by atoms with E-state index in [2.05, 4.69) is 18.3 Å². The molecule has 0 saturated carbocycles. The van der Waals surface area contributed by atoms with Crippen LogP contribution in [0.4, 0.5) is 5.69 Å². The monoisotopic (exact) mass is 247 g/mol. The summed E-state index contributed by atoms with van der Waals surface area (Å²) in [4.78, 5) is 11.5. The Morgan fingerprint density at radius 3 is 2.72 bits per heavy atom. The molecular formula is C15H21NO2. The van der Waals surface area contributed by atoms with E-state index in [4.69, 9.17) is 0 Å². The molecule has 2 rings (SSSR count). The molecule has 0 aromatic heterocycles. The maximum absolute atomic E-state index is 11.5. The van der Waals surface area contributed by atoms with E-state index < -0.39 is 6.10 Å². The zero-order valence-corrected chi connectivity index (χ0v) is 11.3. The molecule has 1 heterocycles. The minimum atomic E-state index is -0.392. The Kier molecular flexibility index (Phi) is 3.71. The van der Waals surface area contributed by atoms with Crippen LogP contribution >= 0.6 is 0 Å². The Labute approximate surface area is 108 Å². The van der Waals surface area contributed by atoms with Gasteiger partial charge in [-0.15, -0.1) is 0 Å². The van der Waals surface area contributed by atoms with Crippen LogP contribution in [0.25, 0.3) is 0 Å². The largest absolute Gasteiger partial charge is 0.388 e. The van der Waals surface area contributed by atoms with E-state index in [-0.39, 0.29) is 5.91 Å². The van der Waals surface area contributed by atoms with Gasteiger partial charge in [-0.3, -0.25) is 4.79 Å². The lowest BCUT2D eigenvalue weighted by Crippen LogP contribution is -2.21. The number of nitrogens with one attached hydrogen (secondary N) is 1. The van der Waals surface area contributed by atoms with Gasteiger partial charge in [0, 0.05) is 12.1 Å². The van der Waals surface area contributed by atoms with Gasteiger partial charge in [-0.25, -0.2) is 0 Å². The zero-order chi connectivity index (χ0) is 13.3.